The molecule has 0 aliphatic heterocycles. The van der Waals surface area contributed by atoms with E-state index in [0.29, 0.717) is 0 Å². The smallest absolute Gasteiger partial charge is 0.0545 e. The number of aryl methyl sites for hydroxylation is 1. The molecule has 0 bridgehead atoms. The molecule has 0 saturated heterocycles. The largest absolute Gasteiger partial charge is 0.312 e. The molecule has 0 unspecified atom stereocenters. The van der Waals surface area contributed by atoms with Crippen molar-refractivity contribution < 1.29 is 0 Å². The standard InChI is InChI=1S/C13H17NS/c1-3-9-15-10-8-14-11-13-6-4-12(2)5-7-13/h1,4-7,14H,8-11H2,2H3. The monoisotopic (exact) mass is 219 g/mol. The first-order valence-electron chi connectivity index (χ1n) is 5.10. The third kappa shape index (κ3) is 5.51. The fourth-order valence-corrected chi connectivity index (χ4v) is 1.76. The minimum atomic E-state index is 0.812. The van der Waals surface area contributed by atoms with Gasteiger partial charge in [0.15, 0.2) is 0 Å². The van der Waals surface area contributed by atoms with Crippen molar-refractivity contribution in [3.63, 3.8) is 0 Å². The van der Waals surface area contributed by atoms with E-state index in [9.17, 15) is 0 Å². The zero-order chi connectivity index (χ0) is 10.9. The van der Waals surface area contributed by atoms with Crippen LogP contribution in [0.25, 0.3) is 0 Å². The van der Waals surface area contributed by atoms with Crippen LogP contribution in [-0.2, 0) is 6.54 Å². The molecule has 1 rings (SSSR count). The normalized spacial score (nSPS) is 9.87. The van der Waals surface area contributed by atoms with E-state index in [1.807, 2.05) is 0 Å². The Hall–Kier alpha value is -0.910. The SMILES string of the molecule is C#CCSCCNCc1ccc(C)cc1. The van der Waals surface area contributed by atoms with Crippen LogP contribution in [0.1, 0.15) is 11.1 Å². The van der Waals surface area contributed by atoms with Gasteiger partial charge in [0.25, 0.3) is 0 Å². The number of terminal acetylenes is 1. The second-order valence-electron chi connectivity index (χ2n) is 3.42. The first-order valence-corrected chi connectivity index (χ1v) is 6.26. The number of benzene rings is 1. The number of nitrogens with one attached hydrogen (secondary N) is 1. The summed E-state index contributed by atoms with van der Waals surface area (Å²) in [7, 11) is 0. The van der Waals surface area contributed by atoms with Crippen LogP contribution < -0.4 is 5.32 Å². The average molecular weight is 219 g/mol. The van der Waals surface area contributed by atoms with Gasteiger partial charge in [-0.25, -0.2) is 0 Å². The first kappa shape index (κ1) is 12.2. The minimum absolute atomic E-state index is 0.812. The molecule has 1 aromatic rings. The molecule has 0 aromatic heterocycles. The summed E-state index contributed by atoms with van der Waals surface area (Å²) in [5, 5.41) is 3.39. The molecule has 0 aliphatic carbocycles. The molecule has 0 saturated carbocycles. The number of hydrogen-bond donors (Lipinski definition) is 1. The Balaban J connectivity index is 2.10. The summed E-state index contributed by atoms with van der Waals surface area (Å²) in [5.74, 6) is 4.51. The summed E-state index contributed by atoms with van der Waals surface area (Å²) in [6, 6.07) is 8.61. The molecule has 0 amide bonds. The zero-order valence-corrected chi connectivity index (χ0v) is 9.94. The van der Waals surface area contributed by atoms with Gasteiger partial charge in [-0.05, 0) is 12.5 Å². The van der Waals surface area contributed by atoms with Gasteiger partial charge >= 0.3 is 0 Å². The average Bonchev–Trinajstić information content (AvgIpc) is 2.26. The molecule has 1 N–H and O–H groups in total. The van der Waals surface area contributed by atoms with E-state index in [2.05, 4.69) is 42.4 Å². The van der Waals surface area contributed by atoms with E-state index < -0.39 is 0 Å². The van der Waals surface area contributed by atoms with E-state index in [1.165, 1.54) is 11.1 Å². The fourth-order valence-electron chi connectivity index (χ4n) is 1.21. The van der Waals surface area contributed by atoms with Gasteiger partial charge in [0.1, 0.15) is 0 Å². The lowest BCUT2D eigenvalue weighted by molar-refractivity contribution is 0.732. The summed E-state index contributed by atoms with van der Waals surface area (Å²) in [6.07, 6.45) is 5.16. The molecule has 2 heteroatoms. The molecule has 80 valence electrons. The van der Waals surface area contributed by atoms with E-state index in [-0.39, 0.29) is 0 Å². The fraction of sp³-hybridized carbons (Fsp3) is 0.385. The van der Waals surface area contributed by atoms with Crippen LogP contribution in [0.15, 0.2) is 24.3 Å². The van der Waals surface area contributed by atoms with Crippen molar-refractivity contribution in [2.24, 2.45) is 0 Å². The highest BCUT2D eigenvalue weighted by atomic mass is 32.2. The highest BCUT2D eigenvalue weighted by Gasteiger charge is 1.92. The molecular formula is C13H17NS. The van der Waals surface area contributed by atoms with Crippen LogP contribution >= 0.6 is 11.8 Å². The topological polar surface area (TPSA) is 12.0 Å². The van der Waals surface area contributed by atoms with Gasteiger partial charge in [-0.3, -0.25) is 0 Å². The highest BCUT2D eigenvalue weighted by Crippen LogP contribution is 2.02. The maximum Gasteiger partial charge on any atom is 0.0545 e. The third-order valence-corrected chi connectivity index (χ3v) is 2.92. The lowest BCUT2D eigenvalue weighted by Gasteiger charge is -2.04. The lowest BCUT2D eigenvalue weighted by Crippen LogP contribution is -2.16. The molecule has 0 radical (unpaired) electrons. The quantitative estimate of drug-likeness (QED) is 0.582. The van der Waals surface area contributed by atoms with Gasteiger partial charge in [0.2, 0.25) is 0 Å². The Labute approximate surface area is 96.7 Å². The number of thioether (sulfide) groups is 1. The van der Waals surface area contributed by atoms with E-state index in [0.717, 1.165) is 24.6 Å². The summed E-state index contributed by atoms with van der Waals surface area (Å²) >= 11 is 1.79. The summed E-state index contributed by atoms with van der Waals surface area (Å²) in [4.78, 5) is 0. The lowest BCUT2D eigenvalue weighted by atomic mass is 10.1. The van der Waals surface area contributed by atoms with E-state index >= 15 is 0 Å². The zero-order valence-electron chi connectivity index (χ0n) is 9.12. The van der Waals surface area contributed by atoms with Crippen molar-refractivity contribution in [2.45, 2.75) is 13.5 Å². The summed E-state index contributed by atoms with van der Waals surface area (Å²) < 4.78 is 0. The van der Waals surface area contributed by atoms with Crippen molar-refractivity contribution in [3.8, 4) is 12.3 Å². The Morgan fingerprint density at radius 2 is 2.07 bits per heavy atom. The molecule has 0 fully saturated rings. The summed E-state index contributed by atoms with van der Waals surface area (Å²) in [6.45, 7) is 4.06. The molecule has 1 aromatic carbocycles. The van der Waals surface area contributed by atoms with Crippen molar-refractivity contribution in [1.82, 2.24) is 5.32 Å². The van der Waals surface area contributed by atoms with Crippen LogP contribution in [-0.4, -0.2) is 18.1 Å². The maximum atomic E-state index is 5.16. The summed E-state index contributed by atoms with van der Waals surface area (Å²) in [5.41, 5.74) is 2.64. The van der Waals surface area contributed by atoms with Crippen LogP contribution in [0.3, 0.4) is 0 Å². The van der Waals surface area contributed by atoms with Gasteiger partial charge in [0, 0.05) is 18.8 Å². The highest BCUT2D eigenvalue weighted by molar-refractivity contribution is 7.99. The van der Waals surface area contributed by atoms with Crippen molar-refractivity contribution in [1.29, 1.82) is 0 Å². The maximum absolute atomic E-state index is 5.16. The predicted molar refractivity (Wildman–Crippen MR) is 69.0 cm³/mol. The molecule has 0 atom stereocenters. The Kier molecular flexibility index (Phi) is 5.99. The van der Waals surface area contributed by atoms with Gasteiger partial charge in [-0.2, -0.15) is 0 Å². The first-order chi connectivity index (χ1) is 7.33. The van der Waals surface area contributed by atoms with Crippen LogP contribution in [0, 0.1) is 19.3 Å². The second kappa shape index (κ2) is 7.39. The molecule has 0 spiro atoms. The van der Waals surface area contributed by atoms with Crippen LogP contribution in [0.2, 0.25) is 0 Å². The van der Waals surface area contributed by atoms with Gasteiger partial charge < -0.3 is 5.32 Å². The number of rotatable bonds is 6. The van der Waals surface area contributed by atoms with Crippen molar-refractivity contribution >= 4 is 11.8 Å². The Morgan fingerprint density at radius 3 is 2.73 bits per heavy atom. The van der Waals surface area contributed by atoms with Crippen LogP contribution in [0.4, 0.5) is 0 Å². The van der Waals surface area contributed by atoms with Crippen LogP contribution in [0.5, 0.6) is 0 Å². The molecule has 1 nitrogen and oxygen atoms in total. The number of hydrogen-bond acceptors (Lipinski definition) is 2. The van der Waals surface area contributed by atoms with E-state index in [4.69, 9.17) is 6.42 Å². The Morgan fingerprint density at radius 1 is 1.33 bits per heavy atom. The van der Waals surface area contributed by atoms with Gasteiger partial charge in [0.05, 0.1) is 5.75 Å². The second-order valence-corrected chi connectivity index (χ2v) is 4.52. The van der Waals surface area contributed by atoms with Crippen molar-refractivity contribution in [2.75, 3.05) is 18.1 Å². The molecular weight excluding hydrogens is 202 g/mol. The predicted octanol–water partition coefficient (Wildman–Crippen LogP) is 2.45. The third-order valence-electron chi connectivity index (χ3n) is 2.06. The molecule has 0 aliphatic rings. The van der Waals surface area contributed by atoms with Crippen molar-refractivity contribution in [3.05, 3.63) is 35.4 Å². The van der Waals surface area contributed by atoms with Gasteiger partial charge in [-0.15, -0.1) is 18.2 Å². The van der Waals surface area contributed by atoms with E-state index in [1.54, 1.807) is 11.8 Å². The Bertz CT molecular complexity index is 310. The van der Waals surface area contributed by atoms with Gasteiger partial charge in [-0.1, -0.05) is 35.7 Å². The molecule has 0 heterocycles. The minimum Gasteiger partial charge on any atom is -0.312 e. The molecule has 15 heavy (non-hydrogen) atoms.